The molecule has 54 heavy (non-hydrogen) atoms. The first-order valence-corrected chi connectivity index (χ1v) is 19.7. The van der Waals surface area contributed by atoms with E-state index in [9.17, 15) is 53.9 Å². The minimum Gasteiger partial charge on any atom is -0.484 e. The van der Waals surface area contributed by atoms with Gasteiger partial charge in [-0.05, 0) is 93.7 Å². The van der Waals surface area contributed by atoms with Crippen molar-refractivity contribution in [1.82, 2.24) is 10.6 Å². The van der Waals surface area contributed by atoms with Gasteiger partial charge in [0.2, 0.25) is 11.7 Å². The molecule has 2 fully saturated rings. The Bertz CT molecular complexity index is 1810. The van der Waals surface area contributed by atoms with E-state index in [1.54, 1.807) is 38.1 Å². The summed E-state index contributed by atoms with van der Waals surface area (Å²) in [6.07, 6.45) is -8.42. The molecule has 17 heteroatoms. The molecule has 0 radical (unpaired) electrons. The Morgan fingerprint density at radius 3 is 2.09 bits per heavy atom. The smallest absolute Gasteiger partial charge is 0.422 e. The summed E-state index contributed by atoms with van der Waals surface area (Å²) in [5, 5.41) is 3.77. The second kappa shape index (κ2) is 17.0. The lowest BCUT2D eigenvalue weighted by molar-refractivity contribution is -0.153. The Morgan fingerprint density at radius 1 is 0.944 bits per heavy atom. The van der Waals surface area contributed by atoms with Gasteiger partial charge in [-0.25, -0.2) is 8.42 Å². The first kappa shape index (κ1) is 43.1. The number of benzene rings is 2. The molecule has 4 atom stereocenters. The van der Waals surface area contributed by atoms with Gasteiger partial charge < -0.3 is 15.4 Å². The summed E-state index contributed by atoms with van der Waals surface area (Å²) < 4.78 is 114. The normalized spacial score (nSPS) is 17.8. The Labute approximate surface area is 314 Å². The van der Waals surface area contributed by atoms with Crippen LogP contribution in [-0.2, 0) is 40.6 Å². The van der Waals surface area contributed by atoms with E-state index < -0.39 is 97.6 Å². The number of carbonyl (C=O) groups is 4. The number of hydrogen-bond acceptors (Lipinski definition) is 7. The van der Waals surface area contributed by atoms with Crippen LogP contribution in [0.1, 0.15) is 89.7 Å². The highest BCUT2D eigenvalue weighted by Crippen LogP contribution is 2.51. The van der Waals surface area contributed by atoms with Crippen LogP contribution in [-0.4, -0.2) is 61.9 Å². The second-order valence-electron chi connectivity index (χ2n) is 14.1. The van der Waals surface area contributed by atoms with Crippen LogP contribution in [0.3, 0.4) is 0 Å². The maximum atomic E-state index is 14.4. The van der Waals surface area contributed by atoms with Gasteiger partial charge in [-0.3, -0.25) is 19.2 Å². The standard InChI is InChI=1S/C37H43ClF6N2O7S/c1-4-22(32(48)35(16-17-35)23-7-9-24(38)10-8-23)6-14-27(18-21(3)33(49)46-29(5-2)31(47)34(50)45-25-11-12-25)54(51,52)30-15-13-26(53-20-36(39,40)41)19-28(30)37(42,43)44/h7-10,13,15,19,21-22,25,27,29H,4-6,11-12,14,16-18,20H2,1-3H3,(H,45,50)(H,46,49)/t21-,22?,27-,29-/m0/s1. The van der Waals surface area contributed by atoms with Crippen LogP contribution >= 0.6 is 11.6 Å². The number of rotatable bonds is 19. The average Bonchev–Trinajstić information content (AvgIpc) is 4.05. The molecular weight excluding hydrogens is 766 g/mol. The lowest BCUT2D eigenvalue weighted by atomic mass is 9.81. The SMILES string of the molecule is CCC(CC[C@@H](C[C@H](C)C(=O)N[C@@H](CC)C(=O)C(=O)NC1CC1)S(=O)(=O)c1ccc(OCC(F)(F)F)cc1C(F)(F)F)C(=O)C1(c2ccc(Cl)cc2)CC1. The average molecular weight is 809 g/mol. The van der Waals surface area contributed by atoms with E-state index in [4.69, 9.17) is 11.6 Å². The third kappa shape index (κ3) is 10.8. The van der Waals surface area contributed by atoms with E-state index >= 15 is 0 Å². The molecule has 1 unspecified atom stereocenters. The number of nitrogens with one attached hydrogen (secondary N) is 2. The maximum absolute atomic E-state index is 14.4. The molecule has 2 aromatic rings. The van der Waals surface area contributed by atoms with Gasteiger partial charge in [0.25, 0.3) is 5.91 Å². The quantitative estimate of drug-likeness (QED) is 0.112. The third-order valence-corrected chi connectivity index (χ3v) is 12.5. The van der Waals surface area contributed by atoms with Crippen LogP contribution in [0.2, 0.25) is 5.02 Å². The molecule has 0 aliphatic heterocycles. The summed E-state index contributed by atoms with van der Waals surface area (Å²) >= 11 is 6.03. The van der Waals surface area contributed by atoms with Gasteiger partial charge in [-0.1, -0.05) is 44.5 Å². The van der Waals surface area contributed by atoms with Crippen molar-refractivity contribution in [2.24, 2.45) is 11.8 Å². The second-order valence-corrected chi connectivity index (χ2v) is 16.7. The fourth-order valence-corrected chi connectivity index (χ4v) is 8.71. The topological polar surface area (TPSA) is 136 Å². The number of sulfone groups is 1. The van der Waals surface area contributed by atoms with Crippen LogP contribution in [0.5, 0.6) is 5.75 Å². The molecule has 2 saturated carbocycles. The lowest BCUT2D eigenvalue weighted by Crippen LogP contribution is -2.49. The molecular formula is C37H43ClF6N2O7S. The van der Waals surface area contributed by atoms with Crippen molar-refractivity contribution in [3.05, 3.63) is 58.6 Å². The zero-order chi connectivity index (χ0) is 40.2. The fraction of sp³-hybridized carbons (Fsp3) is 0.568. The van der Waals surface area contributed by atoms with Gasteiger partial charge in [0.1, 0.15) is 11.5 Å². The van der Waals surface area contributed by atoms with Gasteiger partial charge in [0, 0.05) is 22.9 Å². The minimum absolute atomic E-state index is 0.0183. The molecule has 0 aromatic heterocycles. The van der Waals surface area contributed by atoms with Gasteiger partial charge in [-0.15, -0.1) is 0 Å². The van der Waals surface area contributed by atoms with Crippen LogP contribution in [0, 0.1) is 11.8 Å². The number of ether oxygens (including phenoxy) is 1. The third-order valence-electron chi connectivity index (χ3n) is 9.97. The van der Waals surface area contributed by atoms with E-state index in [0.717, 1.165) is 5.56 Å². The minimum atomic E-state index is -5.35. The molecule has 2 N–H and O–H groups in total. The fourth-order valence-electron chi connectivity index (χ4n) is 6.49. The number of alkyl halides is 6. The summed E-state index contributed by atoms with van der Waals surface area (Å²) in [5.74, 6) is -5.58. The number of Topliss-reactive ketones (excluding diaryl/α,β-unsaturated/α-hetero) is 2. The van der Waals surface area contributed by atoms with Gasteiger partial charge in [0.05, 0.1) is 27.2 Å². The summed E-state index contributed by atoms with van der Waals surface area (Å²) in [4.78, 5) is 51.2. The monoisotopic (exact) mass is 808 g/mol. The van der Waals surface area contributed by atoms with Crippen molar-refractivity contribution < 1.29 is 58.7 Å². The summed E-state index contributed by atoms with van der Waals surface area (Å²) in [5.41, 5.74) is -1.85. The van der Waals surface area contributed by atoms with E-state index in [0.29, 0.717) is 42.8 Å². The van der Waals surface area contributed by atoms with Crippen molar-refractivity contribution in [2.45, 2.75) is 119 Å². The molecule has 0 heterocycles. The Hall–Kier alpha value is -3.66. The predicted molar refractivity (Wildman–Crippen MR) is 187 cm³/mol. The van der Waals surface area contributed by atoms with E-state index in [2.05, 4.69) is 15.4 Å². The molecule has 0 saturated heterocycles. The number of carbonyl (C=O) groups excluding carboxylic acids is 4. The largest absolute Gasteiger partial charge is 0.484 e. The van der Waals surface area contributed by atoms with Crippen molar-refractivity contribution in [3.63, 3.8) is 0 Å². The van der Waals surface area contributed by atoms with Gasteiger partial charge in [-0.2, -0.15) is 26.3 Å². The van der Waals surface area contributed by atoms with E-state index in [-0.39, 0.29) is 43.6 Å². The van der Waals surface area contributed by atoms with Crippen LogP contribution in [0.25, 0.3) is 0 Å². The number of ketones is 2. The zero-order valence-corrected chi connectivity index (χ0v) is 31.5. The zero-order valence-electron chi connectivity index (χ0n) is 29.9. The first-order valence-electron chi connectivity index (χ1n) is 17.7. The molecule has 0 spiro atoms. The molecule has 2 amide bonds. The van der Waals surface area contributed by atoms with Crippen molar-refractivity contribution >= 4 is 44.8 Å². The molecule has 9 nitrogen and oxygen atoms in total. The van der Waals surface area contributed by atoms with Gasteiger partial charge in [0.15, 0.2) is 16.4 Å². The molecule has 2 aliphatic rings. The Kier molecular flexibility index (Phi) is 13.6. The molecule has 2 aliphatic carbocycles. The lowest BCUT2D eigenvalue weighted by Gasteiger charge is -2.27. The summed E-state index contributed by atoms with van der Waals surface area (Å²) in [7, 11) is -5.02. The highest BCUT2D eigenvalue weighted by Gasteiger charge is 2.52. The Balaban J connectivity index is 1.64. The molecule has 298 valence electrons. The number of halogens is 7. The van der Waals surface area contributed by atoms with Crippen molar-refractivity contribution in [2.75, 3.05) is 6.61 Å². The number of amides is 2. The predicted octanol–water partition coefficient (Wildman–Crippen LogP) is 7.32. The van der Waals surface area contributed by atoms with Crippen molar-refractivity contribution in [3.8, 4) is 5.75 Å². The van der Waals surface area contributed by atoms with Gasteiger partial charge >= 0.3 is 12.4 Å². The first-order chi connectivity index (χ1) is 25.1. The number of hydrogen-bond donors (Lipinski definition) is 2. The molecule has 0 bridgehead atoms. The Morgan fingerprint density at radius 2 is 1.57 bits per heavy atom. The van der Waals surface area contributed by atoms with Crippen LogP contribution in [0.15, 0.2) is 47.4 Å². The summed E-state index contributed by atoms with van der Waals surface area (Å²) in [6, 6.07) is 6.77. The summed E-state index contributed by atoms with van der Waals surface area (Å²) in [6.45, 7) is 2.67. The highest BCUT2D eigenvalue weighted by atomic mass is 35.5. The van der Waals surface area contributed by atoms with E-state index in [1.165, 1.54) is 6.92 Å². The maximum Gasteiger partial charge on any atom is 0.422 e. The molecule has 2 aromatic carbocycles. The highest BCUT2D eigenvalue weighted by molar-refractivity contribution is 7.92. The van der Waals surface area contributed by atoms with Crippen LogP contribution in [0.4, 0.5) is 26.3 Å². The van der Waals surface area contributed by atoms with Crippen LogP contribution < -0.4 is 15.4 Å². The van der Waals surface area contributed by atoms with Crippen molar-refractivity contribution in [1.29, 1.82) is 0 Å². The van der Waals surface area contributed by atoms with E-state index in [1.807, 2.05) is 0 Å². The molecule has 4 rings (SSSR count).